The molecule has 5 nitrogen and oxygen atoms in total. The molecule has 0 aromatic heterocycles. The van der Waals surface area contributed by atoms with Gasteiger partial charge in [-0.15, -0.1) is 0 Å². The van der Waals surface area contributed by atoms with Crippen LogP contribution in [0.1, 0.15) is 6.92 Å². The molecule has 110 valence electrons. The van der Waals surface area contributed by atoms with E-state index in [1.54, 1.807) is 19.1 Å². The molecule has 0 unspecified atom stereocenters. The van der Waals surface area contributed by atoms with Crippen LogP contribution >= 0.6 is 0 Å². The van der Waals surface area contributed by atoms with Crippen molar-refractivity contribution in [1.29, 1.82) is 0 Å². The maximum Gasteiger partial charge on any atom is 0.337 e. The standard InChI is InChI=1S/C16H16O5/c1-2-20-15(17)10-19-11-16(18)21-14-8-7-12-5-3-4-6-13(12)9-14/h3-9H,2,10-11H2,1H3. The Labute approximate surface area is 122 Å². The van der Waals surface area contributed by atoms with E-state index in [0.717, 1.165) is 10.8 Å². The number of benzene rings is 2. The summed E-state index contributed by atoms with van der Waals surface area (Å²) >= 11 is 0. The first-order valence-corrected chi connectivity index (χ1v) is 6.62. The molecule has 21 heavy (non-hydrogen) atoms. The monoisotopic (exact) mass is 288 g/mol. The maximum absolute atomic E-state index is 11.6. The van der Waals surface area contributed by atoms with E-state index in [4.69, 9.17) is 9.47 Å². The summed E-state index contributed by atoms with van der Waals surface area (Å²) in [7, 11) is 0. The van der Waals surface area contributed by atoms with Crippen molar-refractivity contribution in [3.63, 3.8) is 0 Å². The van der Waals surface area contributed by atoms with Gasteiger partial charge >= 0.3 is 11.9 Å². The summed E-state index contributed by atoms with van der Waals surface area (Å²) in [6.45, 7) is 1.42. The van der Waals surface area contributed by atoms with Gasteiger partial charge in [0.05, 0.1) is 6.61 Å². The molecule has 0 atom stereocenters. The van der Waals surface area contributed by atoms with Gasteiger partial charge in [-0.1, -0.05) is 30.3 Å². The quantitative estimate of drug-likeness (QED) is 0.603. The third kappa shape index (κ3) is 4.57. The molecular formula is C16H16O5. The van der Waals surface area contributed by atoms with Crippen LogP contribution in [-0.2, 0) is 19.1 Å². The molecule has 0 aliphatic rings. The molecule has 0 heterocycles. The predicted molar refractivity (Wildman–Crippen MR) is 77.0 cm³/mol. The van der Waals surface area contributed by atoms with Crippen LogP contribution in [0.15, 0.2) is 42.5 Å². The summed E-state index contributed by atoms with van der Waals surface area (Å²) in [5.41, 5.74) is 0. The van der Waals surface area contributed by atoms with Gasteiger partial charge in [0.1, 0.15) is 19.0 Å². The Hall–Kier alpha value is -2.40. The van der Waals surface area contributed by atoms with E-state index in [0.29, 0.717) is 5.75 Å². The lowest BCUT2D eigenvalue weighted by Crippen LogP contribution is -2.20. The van der Waals surface area contributed by atoms with Crippen molar-refractivity contribution in [2.45, 2.75) is 6.92 Å². The lowest BCUT2D eigenvalue weighted by atomic mass is 10.1. The van der Waals surface area contributed by atoms with E-state index in [-0.39, 0.29) is 19.8 Å². The molecule has 0 saturated heterocycles. The Bertz CT molecular complexity index is 635. The smallest absolute Gasteiger partial charge is 0.337 e. The number of ether oxygens (including phenoxy) is 3. The van der Waals surface area contributed by atoms with E-state index in [2.05, 4.69) is 4.74 Å². The number of fused-ring (bicyclic) bond motifs is 1. The maximum atomic E-state index is 11.6. The van der Waals surface area contributed by atoms with Crippen LogP contribution in [0.25, 0.3) is 10.8 Å². The Balaban J connectivity index is 1.85. The second-order valence-corrected chi connectivity index (χ2v) is 4.28. The Kier molecular flexibility index (Phi) is 5.29. The molecule has 0 fully saturated rings. The number of esters is 2. The molecule has 0 bridgehead atoms. The normalized spacial score (nSPS) is 10.3. The summed E-state index contributed by atoms with van der Waals surface area (Å²) in [4.78, 5) is 22.6. The average Bonchev–Trinajstić information content (AvgIpc) is 2.47. The molecule has 2 aromatic rings. The van der Waals surface area contributed by atoms with Crippen LogP contribution in [0.4, 0.5) is 0 Å². The first-order valence-electron chi connectivity index (χ1n) is 6.62. The highest BCUT2D eigenvalue weighted by Crippen LogP contribution is 2.20. The Morgan fingerprint density at radius 2 is 1.67 bits per heavy atom. The van der Waals surface area contributed by atoms with Crippen molar-refractivity contribution in [3.8, 4) is 5.75 Å². The number of carbonyl (C=O) groups is 2. The summed E-state index contributed by atoms with van der Waals surface area (Å²) in [5, 5.41) is 2.05. The Morgan fingerprint density at radius 3 is 2.43 bits per heavy atom. The molecule has 0 aliphatic heterocycles. The third-order valence-corrected chi connectivity index (χ3v) is 2.70. The molecule has 0 amide bonds. The van der Waals surface area contributed by atoms with Crippen molar-refractivity contribution in [2.24, 2.45) is 0 Å². The van der Waals surface area contributed by atoms with Crippen LogP contribution in [-0.4, -0.2) is 31.8 Å². The fraction of sp³-hybridized carbons (Fsp3) is 0.250. The van der Waals surface area contributed by atoms with Crippen LogP contribution in [0.5, 0.6) is 5.75 Å². The van der Waals surface area contributed by atoms with Gasteiger partial charge in [-0.2, -0.15) is 0 Å². The van der Waals surface area contributed by atoms with Crippen molar-refractivity contribution < 1.29 is 23.8 Å². The first kappa shape index (κ1) is 15.0. The van der Waals surface area contributed by atoms with Gasteiger partial charge in [0.25, 0.3) is 0 Å². The van der Waals surface area contributed by atoms with Gasteiger partial charge in [-0.25, -0.2) is 9.59 Å². The number of carbonyl (C=O) groups excluding carboxylic acids is 2. The van der Waals surface area contributed by atoms with Crippen LogP contribution in [0.2, 0.25) is 0 Å². The number of rotatable bonds is 6. The molecule has 0 saturated carbocycles. The van der Waals surface area contributed by atoms with Crippen LogP contribution < -0.4 is 4.74 Å². The topological polar surface area (TPSA) is 61.8 Å². The minimum atomic E-state index is -0.561. The lowest BCUT2D eigenvalue weighted by molar-refractivity contribution is -0.151. The SMILES string of the molecule is CCOC(=O)COCC(=O)Oc1ccc2ccccc2c1. The molecule has 0 N–H and O–H groups in total. The van der Waals surface area contributed by atoms with Crippen molar-refractivity contribution in [1.82, 2.24) is 0 Å². The second-order valence-electron chi connectivity index (χ2n) is 4.28. The zero-order valence-electron chi connectivity index (χ0n) is 11.7. The van der Waals surface area contributed by atoms with Crippen molar-refractivity contribution >= 4 is 22.7 Å². The highest BCUT2D eigenvalue weighted by Gasteiger charge is 2.08. The van der Waals surface area contributed by atoms with Crippen molar-refractivity contribution in [2.75, 3.05) is 19.8 Å². The molecule has 0 radical (unpaired) electrons. The minimum Gasteiger partial charge on any atom is -0.464 e. The van der Waals surface area contributed by atoms with Gasteiger partial charge in [0.15, 0.2) is 0 Å². The van der Waals surface area contributed by atoms with Gasteiger partial charge in [-0.3, -0.25) is 0 Å². The molecule has 2 rings (SSSR count). The number of hydrogen-bond donors (Lipinski definition) is 0. The van der Waals surface area contributed by atoms with Gasteiger partial charge in [0.2, 0.25) is 0 Å². The Morgan fingerprint density at radius 1 is 0.952 bits per heavy atom. The lowest BCUT2D eigenvalue weighted by Gasteiger charge is -2.06. The fourth-order valence-electron chi connectivity index (χ4n) is 1.81. The van der Waals surface area contributed by atoms with E-state index < -0.39 is 11.9 Å². The summed E-state index contributed by atoms with van der Waals surface area (Å²) in [5.74, 6) is -0.621. The predicted octanol–water partition coefficient (Wildman–Crippen LogP) is 2.32. The third-order valence-electron chi connectivity index (χ3n) is 2.70. The van der Waals surface area contributed by atoms with Crippen molar-refractivity contribution in [3.05, 3.63) is 42.5 Å². The zero-order chi connectivity index (χ0) is 15.1. The summed E-state index contributed by atoms with van der Waals surface area (Å²) < 4.78 is 14.7. The highest BCUT2D eigenvalue weighted by molar-refractivity contribution is 5.84. The highest BCUT2D eigenvalue weighted by atomic mass is 16.6. The molecule has 5 heteroatoms. The van der Waals surface area contributed by atoms with Gasteiger partial charge in [0, 0.05) is 0 Å². The van der Waals surface area contributed by atoms with Crippen LogP contribution in [0.3, 0.4) is 0 Å². The summed E-state index contributed by atoms with van der Waals surface area (Å²) in [6.07, 6.45) is 0. The van der Waals surface area contributed by atoms with E-state index in [9.17, 15) is 9.59 Å². The van der Waals surface area contributed by atoms with Crippen LogP contribution in [0, 0.1) is 0 Å². The zero-order valence-corrected chi connectivity index (χ0v) is 11.7. The first-order chi connectivity index (χ1) is 10.2. The molecule has 0 aliphatic carbocycles. The number of hydrogen-bond acceptors (Lipinski definition) is 5. The fourth-order valence-corrected chi connectivity index (χ4v) is 1.81. The van der Waals surface area contributed by atoms with E-state index >= 15 is 0 Å². The average molecular weight is 288 g/mol. The minimum absolute atomic E-state index is 0.263. The van der Waals surface area contributed by atoms with E-state index in [1.165, 1.54) is 0 Å². The van der Waals surface area contributed by atoms with Gasteiger partial charge in [-0.05, 0) is 29.8 Å². The summed E-state index contributed by atoms with van der Waals surface area (Å²) in [6, 6.07) is 13.1. The second kappa shape index (κ2) is 7.40. The molecule has 0 spiro atoms. The van der Waals surface area contributed by atoms with E-state index in [1.807, 2.05) is 30.3 Å². The molecule has 2 aromatic carbocycles. The van der Waals surface area contributed by atoms with Gasteiger partial charge < -0.3 is 14.2 Å². The largest absolute Gasteiger partial charge is 0.464 e. The molecular weight excluding hydrogens is 272 g/mol.